The standard InChI is InChI=1S/C14H15NO4S2/c1-9-6-10(2)8-11(7-9)15(3)21(18,19)13-5-4-12(20-13)14(16)17/h4-8H,1-3H3,(H,16,17). The molecule has 0 fully saturated rings. The van der Waals surface area contributed by atoms with Gasteiger partial charge in [0.1, 0.15) is 9.09 Å². The molecule has 1 aromatic carbocycles. The summed E-state index contributed by atoms with van der Waals surface area (Å²) >= 11 is 0.750. The van der Waals surface area contributed by atoms with Crippen LogP contribution in [0.25, 0.3) is 0 Å². The molecule has 7 heteroatoms. The lowest BCUT2D eigenvalue weighted by Crippen LogP contribution is -2.25. The molecule has 1 heterocycles. The molecule has 0 aliphatic heterocycles. The maximum Gasteiger partial charge on any atom is 0.345 e. The van der Waals surface area contributed by atoms with E-state index in [0.717, 1.165) is 22.5 Å². The number of hydrogen-bond donors (Lipinski definition) is 1. The molecule has 0 saturated carbocycles. The minimum absolute atomic E-state index is 0.00222. The molecule has 1 aromatic heterocycles. The molecule has 0 bridgehead atoms. The molecule has 0 aliphatic rings. The van der Waals surface area contributed by atoms with Crippen LogP contribution in [0.2, 0.25) is 0 Å². The number of hydrogen-bond acceptors (Lipinski definition) is 4. The summed E-state index contributed by atoms with van der Waals surface area (Å²) in [4.78, 5) is 10.9. The summed E-state index contributed by atoms with van der Waals surface area (Å²) in [5.74, 6) is -1.13. The highest BCUT2D eigenvalue weighted by atomic mass is 32.2. The number of sulfonamides is 1. The quantitative estimate of drug-likeness (QED) is 0.938. The molecule has 0 aliphatic carbocycles. The molecule has 0 saturated heterocycles. The lowest BCUT2D eigenvalue weighted by Gasteiger charge is -2.19. The fraction of sp³-hybridized carbons (Fsp3) is 0.214. The van der Waals surface area contributed by atoms with Crippen LogP contribution in [0, 0.1) is 13.8 Å². The molecular weight excluding hydrogens is 310 g/mol. The van der Waals surface area contributed by atoms with E-state index in [4.69, 9.17) is 5.11 Å². The van der Waals surface area contributed by atoms with Crippen LogP contribution in [0.5, 0.6) is 0 Å². The van der Waals surface area contributed by atoms with Gasteiger partial charge in [-0.25, -0.2) is 13.2 Å². The molecule has 2 aromatic rings. The van der Waals surface area contributed by atoms with E-state index in [-0.39, 0.29) is 9.09 Å². The lowest BCUT2D eigenvalue weighted by molar-refractivity contribution is 0.0702. The summed E-state index contributed by atoms with van der Waals surface area (Å²) in [5.41, 5.74) is 2.48. The number of aromatic carboxylic acids is 1. The zero-order valence-corrected chi connectivity index (χ0v) is 13.5. The zero-order valence-electron chi connectivity index (χ0n) is 11.8. The third-order valence-electron chi connectivity index (χ3n) is 2.98. The van der Waals surface area contributed by atoms with E-state index in [1.807, 2.05) is 19.9 Å². The average Bonchev–Trinajstić information content (AvgIpc) is 2.86. The van der Waals surface area contributed by atoms with Crippen LogP contribution in [0.15, 0.2) is 34.5 Å². The summed E-state index contributed by atoms with van der Waals surface area (Å²) < 4.78 is 26.3. The Morgan fingerprint density at radius 3 is 2.19 bits per heavy atom. The minimum Gasteiger partial charge on any atom is -0.477 e. The second-order valence-corrected chi connectivity index (χ2v) is 8.02. The van der Waals surface area contributed by atoms with Gasteiger partial charge in [0.2, 0.25) is 0 Å². The first kappa shape index (κ1) is 15.5. The van der Waals surface area contributed by atoms with Crippen molar-refractivity contribution in [2.75, 3.05) is 11.4 Å². The summed E-state index contributed by atoms with van der Waals surface area (Å²) in [6, 6.07) is 8.13. The Labute approximate surface area is 127 Å². The Balaban J connectivity index is 2.44. The van der Waals surface area contributed by atoms with E-state index in [9.17, 15) is 13.2 Å². The Morgan fingerprint density at radius 1 is 1.14 bits per heavy atom. The van der Waals surface area contributed by atoms with E-state index < -0.39 is 16.0 Å². The van der Waals surface area contributed by atoms with Gasteiger partial charge in [-0.2, -0.15) is 0 Å². The number of carboxylic acid groups (broad SMARTS) is 1. The summed E-state index contributed by atoms with van der Waals surface area (Å²) in [6.07, 6.45) is 0. The Hall–Kier alpha value is -1.86. The van der Waals surface area contributed by atoms with E-state index in [1.165, 1.54) is 23.5 Å². The van der Waals surface area contributed by atoms with Gasteiger partial charge >= 0.3 is 5.97 Å². The van der Waals surface area contributed by atoms with Crippen molar-refractivity contribution in [1.82, 2.24) is 0 Å². The summed E-state index contributed by atoms with van der Waals surface area (Å²) in [6.45, 7) is 3.79. The predicted molar refractivity (Wildman–Crippen MR) is 82.8 cm³/mol. The number of aryl methyl sites for hydroxylation is 2. The van der Waals surface area contributed by atoms with E-state index in [0.29, 0.717) is 5.69 Å². The third kappa shape index (κ3) is 3.08. The SMILES string of the molecule is Cc1cc(C)cc(N(C)S(=O)(=O)c2ccc(C(=O)O)s2)c1. The monoisotopic (exact) mass is 325 g/mol. The van der Waals surface area contributed by atoms with Gasteiger partial charge in [0, 0.05) is 7.05 Å². The average molecular weight is 325 g/mol. The van der Waals surface area contributed by atoms with Crippen LogP contribution < -0.4 is 4.31 Å². The highest BCUT2D eigenvalue weighted by Gasteiger charge is 2.24. The van der Waals surface area contributed by atoms with Gasteiger partial charge < -0.3 is 5.11 Å². The second kappa shape index (κ2) is 5.50. The van der Waals surface area contributed by atoms with Crippen molar-refractivity contribution >= 4 is 33.0 Å². The molecule has 0 spiro atoms. The van der Waals surface area contributed by atoms with Crippen LogP contribution in [0.1, 0.15) is 20.8 Å². The number of thiophene rings is 1. The Morgan fingerprint density at radius 2 is 1.71 bits per heavy atom. The molecule has 0 radical (unpaired) electrons. The van der Waals surface area contributed by atoms with Gasteiger partial charge in [0.15, 0.2) is 0 Å². The number of nitrogens with zero attached hydrogens (tertiary/aromatic N) is 1. The minimum atomic E-state index is -3.75. The Bertz CT molecular complexity index is 773. The van der Waals surface area contributed by atoms with E-state index in [1.54, 1.807) is 12.1 Å². The fourth-order valence-electron chi connectivity index (χ4n) is 1.98. The van der Waals surface area contributed by atoms with Crippen molar-refractivity contribution in [3.05, 3.63) is 46.3 Å². The van der Waals surface area contributed by atoms with Crippen LogP contribution in [-0.2, 0) is 10.0 Å². The molecule has 0 amide bonds. The first-order valence-electron chi connectivity index (χ1n) is 6.12. The van der Waals surface area contributed by atoms with Crippen LogP contribution in [0.4, 0.5) is 5.69 Å². The van der Waals surface area contributed by atoms with Crippen molar-refractivity contribution in [2.45, 2.75) is 18.1 Å². The number of benzene rings is 1. The smallest absolute Gasteiger partial charge is 0.345 e. The third-order valence-corrected chi connectivity index (χ3v) is 6.30. The van der Waals surface area contributed by atoms with Crippen molar-refractivity contribution < 1.29 is 18.3 Å². The molecule has 1 N–H and O–H groups in total. The lowest BCUT2D eigenvalue weighted by atomic mass is 10.1. The summed E-state index contributed by atoms with van der Waals surface area (Å²) in [7, 11) is -2.29. The maximum absolute atomic E-state index is 12.5. The van der Waals surface area contributed by atoms with Gasteiger partial charge in [0.25, 0.3) is 10.0 Å². The largest absolute Gasteiger partial charge is 0.477 e. The summed E-state index contributed by atoms with van der Waals surface area (Å²) in [5, 5.41) is 8.89. The fourth-order valence-corrected chi connectivity index (χ4v) is 4.47. The molecule has 0 unspecified atom stereocenters. The molecule has 0 atom stereocenters. The maximum atomic E-state index is 12.5. The Kier molecular flexibility index (Phi) is 4.06. The van der Waals surface area contributed by atoms with Crippen molar-refractivity contribution in [3.63, 3.8) is 0 Å². The van der Waals surface area contributed by atoms with Crippen molar-refractivity contribution in [1.29, 1.82) is 0 Å². The van der Waals surface area contributed by atoms with Gasteiger partial charge in [-0.1, -0.05) is 6.07 Å². The molecule has 2 rings (SSSR count). The number of carboxylic acids is 1. The topological polar surface area (TPSA) is 74.7 Å². The predicted octanol–water partition coefficient (Wildman–Crippen LogP) is 2.89. The molecule has 21 heavy (non-hydrogen) atoms. The van der Waals surface area contributed by atoms with Crippen molar-refractivity contribution in [2.24, 2.45) is 0 Å². The van der Waals surface area contributed by atoms with Gasteiger partial charge in [-0.15, -0.1) is 11.3 Å². The second-order valence-electron chi connectivity index (χ2n) is 4.74. The number of anilines is 1. The molecular formula is C14H15NO4S2. The number of rotatable bonds is 4. The number of carbonyl (C=O) groups is 1. The van der Waals surface area contributed by atoms with Gasteiger partial charge in [0.05, 0.1) is 5.69 Å². The van der Waals surface area contributed by atoms with Gasteiger partial charge in [-0.05, 0) is 49.2 Å². The van der Waals surface area contributed by atoms with E-state index >= 15 is 0 Å². The van der Waals surface area contributed by atoms with Crippen LogP contribution >= 0.6 is 11.3 Å². The van der Waals surface area contributed by atoms with Crippen LogP contribution in [-0.4, -0.2) is 26.5 Å². The first-order chi connectivity index (χ1) is 9.71. The molecule has 5 nitrogen and oxygen atoms in total. The molecule has 112 valence electrons. The van der Waals surface area contributed by atoms with E-state index in [2.05, 4.69) is 0 Å². The normalized spacial score (nSPS) is 11.4. The highest BCUT2D eigenvalue weighted by Crippen LogP contribution is 2.28. The first-order valence-corrected chi connectivity index (χ1v) is 8.38. The highest BCUT2D eigenvalue weighted by molar-refractivity contribution is 7.94. The zero-order chi connectivity index (χ0) is 15.8. The van der Waals surface area contributed by atoms with Crippen LogP contribution in [0.3, 0.4) is 0 Å². The van der Waals surface area contributed by atoms with Gasteiger partial charge in [-0.3, -0.25) is 4.31 Å². The van der Waals surface area contributed by atoms with Crippen molar-refractivity contribution in [3.8, 4) is 0 Å².